The number of aromatic carboxylic acids is 1. The molecule has 5 heterocycles. The van der Waals surface area contributed by atoms with Gasteiger partial charge in [0.05, 0.1) is 32.3 Å². The van der Waals surface area contributed by atoms with Crippen LogP contribution in [0.15, 0.2) is 133 Å². The molecule has 0 atom stereocenters. The number of hydrogen-bond donors (Lipinski definition) is 3. The molecule has 3 N–H and O–H groups in total. The summed E-state index contributed by atoms with van der Waals surface area (Å²) in [5.74, 6) is 3.05. The molecule has 3 aromatic heterocycles. The van der Waals surface area contributed by atoms with Gasteiger partial charge in [-0.2, -0.15) is 0 Å². The second-order valence-corrected chi connectivity index (χ2v) is 15.6. The Morgan fingerprint density at radius 2 is 1.02 bits per heavy atom. The van der Waals surface area contributed by atoms with Crippen LogP contribution in [-0.4, -0.2) is 72.1 Å². The zero-order valence-electron chi connectivity index (χ0n) is 33.0. The first-order valence-electron chi connectivity index (χ1n) is 19.5. The van der Waals surface area contributed by atoms with E-state index >= 15 is 0 Å². The predicted octanol–water partition coefficient (Wildman–Crippen LogP) is 10.3. The molecule has 9 aromatic rings. The van der Waals surface area contributed by atoms with Crippen LogP contribution in [0, 0.1) is 0 Å². The van der Waals surface area contributed by atoms with Gasteiger partial charge in [0.25, 0.3) is 0 Å². The average molecular weight is 801 g/mol. The van der Waals surface area contributed by atoms with Crippen molar-refractivity contribution in [1.82, 2.24) is 44.4 Å². The number of carboxylic acids is 1. The first-order valence-corrected chi connectivity index (χ1v) is 19.5. The maximum absolute atomic E-state index is 11.5. The summed E-state index contributed by atoms with van der Waals surface area (Å²) in [6, 6.07) is 41.6. The highest BCUT2D eigenvalue weighted by Crippen LogP contribution is 2.43. The number of carboxylic acid groups (broad SMARTS) is 1. The molecule has 0 fully saturated rings. The molecule has 294 valence electrons. The van der Waals surface area contributed by atoms with Crippen molar-refractivity contribution in [2.75, 3.05) is 21.1 Å². The van der Waals surface area contributed by atoms with E-state index in [0.717, 1.165) is 38.5 Å². The molecule has 13 nitrogen and oxygen atoms in total. The van der Waals surface area contributed by atoms with Crippen molar-refractivity contribution in [3.63, 3.8) is 0 Å². The monoisotopic (exact) mass is 800 g/mol. The van der Waals surface area contributed by atoms with Crippen molar-refractivity contribution in [3.8, 4) is 68.5 Å². The van der Waals surface area contributed by atoms with E-state index in [1.54, 1.807) is 12.1 Å². The maximum Gasteiger partial charge on any atom is 0.335 e. The van der Waals surface area contributed by atoms with Crippen molar-refractivity contribution < 1.29 is 19.4 Å². The van der Waals surface area contributed by atoms with Gasteiger partial charge >= 0.3 is 5.97 Å². The van der Waals surface area contributed by atoms with Gasteiger partial charge in [-0.25, -0.2) is 34.7 Å². The van der Waals surface area contributed by atoms with Crippen LogP contribution in [0.2, 0.25) is 0 Å². The molecular formula is C48H34N9O4+. The van der Waals surface area contributed by atoms with Crippen LogP contribution < -0.4 is 14.0 Å². The third-order valence-electron chi connectivity index (χ3n) is 10.8. The number of hydrogen-bond acceptors (Lipinski definition) is 9. The molecule has 8 bridgehead atoms. The fraction of sp³-hybridized carbons (Fsp3) is 0.0625. The van der Waals surface area contributed by atoms with E-state index in [0.29, 0.717) is 84.3 Å². The number of benzene rings is 6. The van der Waals surface area contributed by atoms with Crippen molar-refractivity contribution >= 4 is 55.8 Å². The Hall–Kier alpha value is -8.29. The van der Waals surface area contributed by atoms with Gasteiger partial charge in [-0.1, -0.05) is 66.7 Å². The van der Waals surface area contributed by atoms with Crippen LogP contribution >= 0.6 is 0 Å². The standard InChI is InChI=1S/C48H33N9O4/c1-57(2,3)27-10-8-11-29(24-27)61-38-17-9-16-36-39(38)47-55-44-35-23-22-30(60-28-20-18-26(19-21-28)48(58)59)25-37(35)46(54-44)53-43-34-15-7-5-13-32(34)41(51-43)49-40-31-12-4-6-14-33(31)42(50-40)52-45(36)56-47/h4-25H,1-3H3,(H2-,49,50,51,52,53,54,55,56,58,59)/p+1. The first kappa shape index (κ1) is 35.8. The van der Waals surface area contributed by atoms with Crippen LogP contribution in [0.25, 0.3) is 89.7 Å². The quantitative estimate of drug-likeness (QED) is 0.138. The molecule has 2 aliphatic heterocycles. The number of nitrogens with one attached hydrogen (secondary N) is 2. The smallest absolute Gasteiger partial charge is 0.335 e. The lowest BCUT2D eigenvalue weighted by atomic mass is 10.1. The molecule has 2 aliphatic rings. The Morgan fingerprint density at radius 3 is 1.67 bits per heavy atom. The number of nitrogens with zero attached hydrogens (tertiary/aromatic N) is 7. The Balaban J connectivity index is 1.19. The van der Waals surface area contributed by atoms with E-state index in [1.807, 2.05) is 103 Å². The fourth-order valence-electron chi connectivity index (χ4n) is 7.73. The molecule has 0 spiro atoms. The third-order valence-corrected chi connectivity index (χ3v) is 10.8. The molecule has 11 rings (SSSR count). The molecule has 0 saturated carbocycles. The number of carbonyl (C=O) groups is 1. The van der Waals surface area contributed by atoms with Gasteiger partial charge in [0.2, 0.25) is 0 Å². The zero-order valence-corrected chi connectivity index (χ0v) is 33.0. The van der Waals surface area contributed by atoms with Crippen LogP contribution in [-0.2, 0) is 0 Å². The van der Waals surface area contributed by atoms with Gasteiger partial charge in [0, 0.05) is 44.3 Å². The van der Waals surface area contributed by atoms with Gasteiger partial charge in [-0.15, -0.1) is 0 Å². The molecule has 0 unspecified atom stereocenters. The molecule has 6 aromatic carbocycles. The van der Waals surface area contributed by atoms with E-state index in [1.165, 1.54) is 12.1 Å². The van der Waals surface area contributed by atoms with Gasteiger partial charge in [0.15, 0.2) is 23.3 Å². The van der Waals surface area contributed by atoms with Crippen molar-refractivity contribution in [2.45, 2.75) is 0 Å². The number of quaternary nitrogens is 1. The number of aromatic amines is 2. The van der Waals surface area contributed by atoms with Crippen LogP contribution in [0.4, 0.5) is 5.69 Å². The number of fused-ring (bicyclic) bond motifs is 20. The second kappa shape index (κ2) is 13.6. The number of ether oxygens (including phenoxy) is 2. The SMILES string of the molecule is C[N+](C)(C)c1cccc(Oc2cccc3c2-c2nc-3nc3[nH]c(nc4nc(nc5[nH]c(n2)c2ccc(Oc6ccc(C(=O)O)cc6)cc52)-c2ccccc2-4)c2ccccc32)c1. The number of rotatable bonds is 6. The first-order chi connectivity index (χ1) is 29.6. The largest absolute Gasteiger partial charge is 0.478 e. The normalized spacial score (nSPS) is 12.0. The van der Waals surface area contributed by atoms with Crippen LogP contribution in [0.3, 0.4) is 0 Å². The van der Waals surface area contributed by atoms with Crippen molar-refractivity contribution in [1.29, 1.82) is 0 Å². The second-order valence-electron chi connectivity index (χ2n) is 15.6. The number of H-pyrrole nitrogens is 2. The molecule has 0 aliphatic carbocycles. The van der Waals surface area contributed by atoms with E-state index in [9.17, 15) is 9.90 Å². The lowest BCUT2D eigenvalue weighted by Gasteiger charge is -2.23. The Morgan fingerprint density at radius 1 is 0.492 bits per heavy atom. The molecular weight excluding hydrogens is 767 g/mol. The molecule has 0 radical (unpaired) electrons. The topological polar surface area (TPSA) is 165 Å². The Labute approximate surface area is 347 Å². The van der Waals surface area contributed by atoms with Gasteiger partial charge in [0.1, 0.15) is 51.3 Å². The summed E-state index contributed by atoms with van der Waals surface area (Å²) < 4.78 is 13.5. The minimum absolute atomic E-state index is 0.164. The Bertz CT molecular complexity index is 3460. The highest BCUT2D eigenvalue weighted by Gasteiger charge is 2.26. The molecule has 13 heteroatoms. The highest BCUT2D eigenvalue weighted by molar-refractivity contribution is 6.07. The molecule has 61 heavy (non-hydrogen) atoms. The summed E-state index contributed by atoms with van der Waals surface area (Å²) >= 11 is 0. The average Bonchev–Trinajstić information content (AvgIpc) is 3.99. The van der Waals surface area contributed by atoms with Gasteiger partial charge in [-0.3, -0.25) is 4.48 Å². The summed E-state index contributed by atoms with van der Waals surface area (Å²) in [7, 11) is 6.33. The van der Waals surface area contributed by atoms with Crippen LogP contribution in [0.5, 0.6) is 23.0 Å². The molecule has 0 amide bonds. The van der Waals surface area contributed by atoms with Crippen molar-refractivity contribution in [3.05, 3.63) is 139 Å². The summed E-state index contributed by atoms with van der Waals surface area (Å²) in [4.78, 5) is 49.2. The van der Waals surface area contributed by atoms with Gasteiger partial charge < -0.3 is 24.5 Å². The van der Waals surface area contributed by atoms with Crippen LogP contribution in [0.1, 0.15) is 10.4 Å². The summed E-state index contributed by atoms with van der Waals surface area (Å²) in [6.07, 6.45) is 0. The lowest BCUT2D eigenvalue weighted by Crippen LogP contribution is -2.34. The van der Waals surface area contributed by atoms with E-state index in [2.05, 4.69) is 37.2 Å². The van der Waals surface area contributed by atoms with E-state index < -0.39 is 5.97 Å². The van der Waals surface area contributed by atoms with Gasteiger partial charge in [-0.05, 0) is 60.7 Å². The van der Waals surface area contributed by atoms with Crippen molar-refractivity contribution in [2.24, 2.45) is 0 Å². The minimum atomic E-state index is -1.01. The third kappa shape index (κ3) is 6.27. The number of aromatic nitrogens is 8. The maximum atomic E-state index is 11.5. The zero-order chi connectivity index (χ0) is 41.4. The minimum Gasteiger partial charge on any atom is -0.478 e. The summed E-state index contributed by atoms with van der Waals surface area (Å²) in [5.41, 5.74) is 6.52. The fourth-order valence-corrected chi connectivity index (χ4v) is 7.73. The lowest BCUT2D eigenvalue weighted by molar-refractivity contribution is 0.0697. The Kier molecular flexibility index (Phi) is 8.02. The summed E-state index contributed by atoms with van der Waals surface area (Å²) in [5, 5.41) is 12.6. The molecule has 0 saturated heterocycles. The summed E-state index contributed by atoms with van der Waals surface area (Å²) in [6.45, 7) is 0. The van der Waals surface area contributed by atoms with E-state index in [4.69, 9.17) is 39.4 Å². The van der Waals surface area contributed by atoms with E-state index in [-0.39, 0.29) is 5.56 Å². The highest BCUT2D eigenvalue weighted by atomic mass is 16.5. The predicted molar refractivity (Wildman–Crippen MR) is 236 cm³/mol.